The summed E-state index contributed by atoms with van der Waals surface area (Å²) in [6.07, 6.45) is 3.19. The molecule has 9 heteroatoms. The van der Waals surface area contributed by atoms with Crippen molar-refractivity contribution in [2.75, 3.05) is 6.54 Å². The van der Waals surface area contributed by atoms with Crippen molar-refractivity contribution >= 4 is 5.91 Å². The molecule has 7 rings (SSSR count). The number of hydrogen-bond donors (Lipinski definition) is 2. The van der Waals surface area contributed by atoms with Gasteiger partial charge in [-0.15, -0.1) is 0 Å². The van der Waals surface area contributed by atoms with Gasteiger partial charge in [-0.05, 0) is 90.5 Å². The van der Waals surface area contributed by atoms with Gasteiger partial charge >= 0.3 is 6.18 Å². The molecule has 0 bridgehead atoms. The first kappa shape index (κ1) is 31.4. The van der Waals surface area contributed by atoms with Gasteiger partial charge in [-0.2, -0.15) is 13.2 Å². The molecule has 2 aliphatic carbocycles. The second-order valence-corrected chi connectivity index (χ2v) is 13.4. The van der Waals surface area contributed by atoms with Gasteiger partial charge in [0.15, 0.2) is 6.10 Å². The lowest BCUT2D eigenvalue weighted by molar-refractivity contribution is -0.141. The number of nitrogens with one attached hydrogen (secondary N) is 1. The Bertz CT molecular complexity index is 1860. The molecular formula is C38H38F3N3O3. The van der Waals surface area contributed by atoms with E-state index in [4.69, 9.17) is 4.98 Å². The molecule has 1 atom stereocenters. The molecule has 4 aromatic rings. The minimum Gasteiger partial charge on any atom is -0.378 e. The van der Waals surface area contributed by atoms with Gasteiger partial charge in [-0.3, -0.25) is 9.59 Å². The third-order valence-electron chi connectivity index (χ3n) is 10.3. The summed E-state index contributed by atoms with van der Waals surface area (Å²) in [6.45, 7) is 0.355. The number of aliphatic hydroxyl groups excluding tert-OH is 1. The highest BCUT2D eigenvalue weighted by molar-refractivity contribution is 5.83. The Labute approximate surface area is 271 Å². The number of halogens is 3. The number of rotatable bonds is 6. The van der Waals surface area contributed by atoms with E-state index in [1.807, 2.05) is 0 Å². The largest absolute Gasteiger partial charge is 0.416 e. The number of fused-ring (bicyclic) bond motifs is 1. The van der Waals surface area contributed by atoms with Gasteiger partial charge in [-0.25, -0.2) is 4.98 Å². The summed E-state index contributed by atoms with van der Waals surface area (Å²) in [7, 11) is 0. The summed E-state index contributed by atoms with van der Waals surface area (Å²) in [5.41, 5.74) is 3.39. The van der Waals surface area contributed by atoms with Crippen LogP contribution in [0.4, 0.5) is 13.2 Å². The summed E-state index contributed by atoms with van der Waals surface area (Å²) in [6, 6.07) is 20.1. The van der Waals surface area contributed by atoms with Gasteiger partial charge in [0.05, 0.1) is 28.8 Å². The lowest BCUT2D eigenvalue weighted by Crippen LogP contribution is -2.36. The van der Waals surface area contributed by atoms with Crippen molar-refractivity contribution in [1.29, 1.82) is 0 Å². The van der Waals surface area contributed by atoms with E-state index in [9.17, 15) is 27.9 Å². The second kappa shape index (κ2) is 12.4. The fraction of sp³-hybridized carbons (Fsp3) is 0.395. The number of benzene rings is 3. The van der Waals surface area contributed by atoms with Crippen LogP contribution in [0.15, 0.2) is 77.6 Å². The van der Waals surface area contributed by atoms with E-state index < -0.39 is 23.8 Å². The van der Waals surface area contributed by atoms with Crippen LogP contribution < -0.4 is 5.56 Å². The quantitative estimate of drug-likeness (QED) is 0.227. The highest BCUT2D eigenvalue weighted by Crippen LogP contribution is 2.52. The van der Waals surface area contributed by atoms with Crippen molar-refractivity contribution in [2.24, 2.45) is 0 Å². The number of aromatic amines is 1. The Morgan fingerprint density at radius 3 is 2.40 bits per heavy atom. The predicted molar refractivity (Wildman–Crippen MR) is 173 cm³/mol. The van der Waals surface area contributed by atoms with Gasteiger partial charge in [-0.1, -0.05) is 73.9 Å². The molecule has 2 fully saturated rings. The lowest BCUT2D eigenvalue weighted by Gasteiger charge is -2.25. The molecule has 1 amide bonds. The monoisotopic (exact) mass is 641 g/mol. The lowest BCUT2D eigenvalue weighted by atomic mass is 9.82. The molecule has 1 aromatic heterocycles. The molecular weight excluding hydrogens is 603 g/mol. The summed E-state index contributed by atoms with van der Waals surface area (Å²) >= 11 is 0. The average Bonchev–Trinajstić information content (AvgIpc) is 3.93. The average molecular weight is 642 g/mol. The summed E-state index contributed by atoms with van der Waals surface area (Å²) in [5, 5.41) is 11.1. The molecule has 1 aliphatic heterocycles. The van der Waals surface area contributed by atoms with Crippen LogP contribution in [0.3, 0.4) is 0 Å². The van der Waals surface area contributed by atoms with Crippen LogP contribution in [0.25, 0.3) is 11.1 Å². The summed E-state index contributed by atoms with van der Waals surface area (Å²) < 4.78 is 39.9. The molecule has 47 heavy (non-hydrogen) atoms. The maximum absolute atomic E-state index is 13.6. The third-order valence-corrected chi connectivity index (χ3v) is 10.3. The Hall–Kier alpha value is -4.24. The molecule has 0 radical (unpaired) electrons. The Morgan fingerprint density at radius 2 is 1.66 bits per heavy atom. The number of carbonyl (C=O) groups is 1. The van der Waals surface area contributed by atoms with E-state index in [2.05, 4.69) is 29.2 Å². The molecule has 3 aromatic carbocycles. The fourth-order valence-electron chi connectivity index (χ4n) is 7.43. The van der Waals surface area contributed by atoms with Crippen molar-refractivity contribution in [2.45, 2.75) is 87.9 Å². The van der Waals surface area contributed by atoms with Crippen molar-refractivity contribution in [3.63, 3.8) is 0 Å². The van der Waals surface area contributed by atoms with Gasteiger partial charge in [0.25, 0.3) is 11.5 Å². The highest BCUT2D eigenvalue weighted by atomic mass is 19.4. The summed E-state index contributed by atoms with van der Waals surface area (Å²) in [5.74, 6) is 0.703. The van der Waals surface area contributed by atoms with Crippen LogP contribution >= 0.6 is 0 Å². The number of hydrogen-bond acceptors (Lipinski definition) is 4. The van der Waals surface area contributed by atoms with Crippen LogP contribution in [-0.4, -0.2) is 32.4 Å². The number of H-pyrrole nitrogens is 1. The smallest absolute Gasteiger partial charge is 0.378 e. The fourth-order valence-corrected chi connectivity index (χ4v) is 7.43. The van der Waals surface area contributed by atoms with Crippen LogP contribution in [-0.2, 0) is 29.4 Å². The molecule has 2 heterocycles. The summed E-state index contributed by atoms with van der Waals surface area (Å²) in [4.78, 5) is 36.7. The highest BCUT2D eigenvalue weighted by Gasteiger charge is 2.49. The minimum absolute atomic E-state index is 0.0192. The number of aromatic nitrogens is 2. The first-order valence-electron chi connectivity index (χ1n) is 16.6. The van der Waals surface area contributed by atoms with E-state index in [0.29, 0.717) is 53.5 Å². The van der Waals surface area contributed by atoms with Crippen molar-refractivity contribution in [3.8, 4) is 11.1 Å². The van der Waals surface area contributed by atoms with E-state index in [1.165, 1.54) is 60.3 Å². The maximum atomic E-state index is 13.6. The van der Waals surface area contributed by atoms with Crippen molar-refractivity contribution < 1.29 is 23.1 Å². The number of aryl methyl sites for hydroxylation is 1. The van der Waals surface area contributed by atoms with Crippen LogP contribution in [0.1, 0.15) is 103 Å². The minimum atomic E-state index is -4.49. The van der Waals surface area contributed by atoms with E-state index in [-0.39, 0.29) is 23.1 Å². The van der Waals surface area contributed by atoms with Gasteiger partial charge < -0.3 is 15.0 Å². The Balaban J connectivity index is 1.11. The van der Waals surface area contributed by atoms with E-state index in [0.717, 1.165) is 25.0 Å². The molecule has 2 N–H and O–H groups in total. The normalized spacial score (nSPS) is 18.7. The molecule has 0 saturated heterocycles. The van der Waals surface area contributed by atoms with Crippen LogP contribution in [0.5, 0.6) is 0 Å². The third kappa shape index (κ3) is 6.25. The zero-order chi connectivity index (χ0) is 32.8. The molecule has 3 aliphatic rings. The molecule has 0 spiro atoms. The Morgan fingerprint density at radius 1 is 0.936 bits per heavy atom. The molecule has 6 nitrogen and oxygen atoms in total. The molecule has 0 unspecified atom stereocenters. The van der Waals surface area contributed by atoms with E-state index in [1.54, 1.807) is 24.3 Å². The zero-order valence-corrected chi connectivity index (χ0v) is 26.2. The SMILES string of the molecule is O=C([C@H](O)c1cccc(-c2cccc(C(F)(F)F)c2)c1)N1CCCc2nc(C3(c4cccc(C5CCCCC5)c4)CC3)[nH]c(=O)c2C1. The molecule has 244 valence electrons. The van der Waals surface area contributed by atoms with Crippen LogP contribution in [0, 0.1) is 0 Å². The number of amides is 1. The Kier molecular flexibility index (Phi) is 8.28. The van der Waals surface area contributed by atoms with Gasteiger partial charge in [0.1, 0.15) is 5.82 Å². The first-order valence-corrected chi connectivity index (χ1v) is 16.6. The number of carbonyl (C=O) groups excluding carboxylic acids is 1. The van der Waals surface area contributed by atoms with Crippen molar-refractivity contribution in [3.05, 3.63) is 122 Å². The topological polar surface area (TPSA) is 86.3 Å². The predicted octanol–water partition coefficient (Wildman–Crippen LogP) is 7.59. The van der Waals surface area contributed by atoms with Gasteiger partial charge in [0, 0.05) is 6.54 Å². The molecule has 2 saturated carbocycles. The van der Waals surface area contributed by atoms with E-state index >= 15 is 0 Å². The zero-order valence-electron chi connectivity index (χ0n) is 26.2. The number of aliphatic hydroxyl groups is 1. The van der Waals surface area contributed by atoms with Gasteiger partial charge in [0.2, 0.25) is 0 Å². The standard InChI is InChI=1S/C38H38F3N3O3/c39-38(40,41)30-15-6-12-27(22-30)25-10-4-13-28(20-25)33(45)35(47)44-19-7-16-32-31(23-44)34(46)43-36(42-32)37(17-18-37)29-14-5-11-26(21-29)24-8-2-1-3-9-24/h4-6,10-15,20-22,24,33,45H,1-3,7-9,16-19,23H2,(H,42,43,46)/t33-/m1/s1. The first-order chi connectivity index (χ1) is 22.6. The second-order valence-electron chi connectivity index (χ2n) is 13.4. The number of alkyl halides is 3. The number of nitrogens with zero attached hydrogens (tertiary/aromatic N) is 2. The maximum Gasteiger partial charge on any atom is 0.416 e. The van der Waals surface area contributed by atoms with Crippen molar-refractivity contribution in [1.82, 2.24) is 14.9 Å². The van der Waals surface area contributed by atoms with Crippen LogP contribution in [0.2, 0.25) is 0 Å².